The van der Waals surface area contributed by atoms with Gasteiger partial charge in [0.2, 0.25) is 11.9 Å². The summed E-state index contributed by atoms with van der Waals surface area (Å²) >= 11 is 0. The molecule has 2 fully saturated rings. The van der Waals surface area contributed by atoms with Gasteiger partial charge in [-0.05, 0) is 45.4 Å². The number of amides is 1. The molecule has 1 aliphatic heterocycles. The van der Waals surface area contributed by atoms with Crippen LogP contribution < -0.4 is 5.32 Å². The highest BCUT2D eigenvalue weighted by molar-refractivity contribution is 5.80. The first kappa shape index (κ1) is 20.2. The number of carbonyl (C=O) groups is 1. The highest BCUT2D eigenvalue weighted by Crippen LogP contribution is 2.25. The molecule has 2 heterocycles. The molecular weight excluding hydrogens is 357 g/mol. The summed E-state index contributed by atoms with van der Waals surface area (Å²) in [6.45, 7) is 6.00. The molecule has 0 atom stereocenters. The normalized spacial score (nSPS) is 19.6. The van der Waals surface area contributed by atoms with Gasteiger partial charge in [0.1, 0.15) is 11.5 Å². The maximum Gasteiger partial charge on any atom is 0.228 e. The molecule has 0 unspecified atom stereocenters. The molecule has 1 aromatic heterocycles. The fourth-order valence-electron chi connectivity index (χ4n) is 3.75. The molecule has 0 bridgehead atoms. The summed E-state index contributed by atoms with van der Waals surface area (Å²) in [5, 5.41) is 3.33. The number of nitrogens with one attached hydrogen (secondary N) is 1. The molecule has 28 heavy (non-hydrogen) atoms. The van der Waals surface area contributed by atoms with E-state index in [9.17, 15) is 9.18 Å². The number of halogens is 1. The minimum absolute atomic E-state index is 0.0168. The van der Waals surface area contributed by atoms with E-state index in [1.165, 1.54) is 25.5 Å². The van der Waals surface area contributed by atoms with Gasteiger partial charge in [-0.1, -0.05) is 25.3 Å². The van der Waals surface area contributed by atoms with Crippen molar-refractivity contribution < 1.29 is 9.18 Å². The zero-order chi connectivity index (χ0) is 19.9. The van der Waals surface area contributed by atoms with E-state index in [4.69, 9.17) is 0 Å². The lowest BCUT2D eigenvalue weighted by Crippen LogP contribution is -2.34. The van der Waals surface area contributed by atoms with Gasteiger partial charge in [-0.3, -0.25) is 9.69 Å². The van der Waals surface area contributed by atoms with Crippen molar-refractivity contribution in [1.29, 1.82) is 0 Å². The Bertz CT molecular complexity index is 783. The minimum Gasteiger partial charge on any atom is -0.351 e. The molecule has 1 aromatic rings. The fraction of sp³-hybridized carbons (Fsp3) is 0.524. The average molecular weight is 385 g/mol. The molecule has 1 aliphatic carbocycles. The van der Waals surface area contributed by atoms with Gasteiger partial charge in [0.05, 0.1) is 6.20 Å². The Morgan fingerprint density at radius 2 is 2.11 bits per heavy atom. The predicted octanol–water partition coefficient (Wildman–Crippen LogP) is 4.32. The maximum absolute atomic E-state index is 14.5. The van der Waals surface area contributed by atoms with Crippen LogP contribution in [0.4, 0.5) is 10.3 Å². The molecule has 0 radical (unpaired) electrons. The number of piperidine rings is 1. The second kappa shape index (κ2) is 9.57. The topological polar surface area (TPSA) is 70.5 Å². The summed E-state index contributed by atoms with van der Waals surface area (Å²) in [4.78, 5) is 26.4. The Balaban J connectivity index is 1.85. The SMILES string of the molecule is C=N/C(=C\C(=C/C)c1nc(NC2CCCCC2)ncc1F)N1CCCCC1=O. The largest absolute Gasteiger partial charge is 0.351 e. The molecule has 1 saturated heterocycles. The van der Waals surface area contributed by atoms with Crippen molar-refractivity contribution in [2.24, 2.45) is 4.99 Å². The average Bonchev–Trinajstić information content (AvgIpc) is 2.72. The van der Waals surface area contributed by atoms with Crippen LogP contribution in [0.25, 0.3) is 5.57 Å². The standard InChI is InChI=1S/C21H28FN5O/c1-3-15(13-18(23-2)27-12-8-7-11-19(27)28)20-17(22)14-24-21(26-20)25-16-9-5-4-6-10-16/h3,13-14,16H,2,4-12H2,1H3,(H,24,25,26)/b15-3+,18-13+. The van der Waals surface area contributed by atoms with Crippen LogP contribution in [0, 0.1) is 5.82 Å². The Morgan fingerprint density at radius 1 is 1.32 bits per heavy atom. The van der Waals surface area contributed by atoms with Crippen molar-refractivity contribution in [3.63, 3.8) is 0 Å². The maximum atomic E-state index is 14.5. The van der Waals surface area contributed by atoms with Crippen LogP contribution in [0.2, 0.25) is 0 Å². The van der Waals surface area contributed by atoms with Crippen molar-refractivity contribution in [1.82, 2.24) is 14.9 Å². The van der Waals surface area contributed by atoms with E-state index in [2.05, 4.69) is 27.0 Å². The lowest BCUT2D eigenvalue weighted by molar-refractivity contribution is -0.131. The van der Waals surface area contributed by atoms with Crippen LogP contribution in [0.3, 0.4) is 0 Å². The molecule has 1 amide bonds. The van der Waals surface area contributed by atoms with Crippen molar-refractivity contribution in [3.05, 3.63) is 35.7 Å². The quantitative estimate of drug-likeness (QED) is 0.585. The number of carbonyl (C=O) groups excluding carboxylic acids is 1. The first-order chi connectivity index (χ1) is 13.6. The number of nitrogens with zero attached hydrogens (tertiary/aromatic N) is 4. The van der Waals surface area contributed by atoms with Crippen molar-refractivity contribution in [2.75, 3.05) is 11.9 Å². The van der Waals surface area contributed by atoms with Crippen LogP contribution in [0.5, 0.6) is 0 Å². The molecule has 150 valence electrons. The van der Waals surface area contributed by atoms with E-state index < -0.39 is 5.82 Å². The Morgan fingerprint density at radius 3 is 2.79 bits per heavy atom. The third-order valence-corrected chi connectivity index (χ3v) is 5.31. The highest BCUT2D eigenvalue weighted by atomic mass is 19.1. The monoisotopic (exact) mass is 385 g/mol. The second-order valence-electron chi connectivity index (χ2n) is 7.28. The first-order valence-electron chi connectivity index (χ1n) is 10.1. The number of aliphatic imine (C=N–C) groups is 1. The molecule has 6 nitrogen and oxygen atoms in total. The summed E-state index contributed by atoms with van der Waals surface area (Å²) < 4.78 is 14.5. The Kier molecular flexibility index (Phi) is 6.90. The molecule has 1 saturated carbocycles. The fourth-order valence-corrected chi connectivity index (χ4v) is 3.75. The minimum atomic E-state index is -0.507. The summed E-state index contributed by atoms with van der Waals surface area (Å²) in [6, 6.07) is 0.327. The van der Waals surface area contributed by atoms with Crippen LogP contribution in [-0.2, 0) is 4.79 Å². The molecule has 0 aromatic carbocycles. The third-order valence-electron chi connectivity index (χ3n) is 5.31. The molecule has 0 spiro atoms. The number of aromatic nitrogens is 2. The van der Waals surface area contributed by atoms with Crippen LogP contribution >= 0.6 is 0 Å². The second-order valence-corrected chi connectivity index (χ2v) is 7.28. The van der Waals surface area contributed by atoms with Crippen molar-refractivity contribution >= 4 is 24.1 Å². The van der Waals surface area contributed by atoms with Crippen LogP contribution in [-0.4, -0.2) is 40.1 Å². The molecule has 2 aliphatic rings. The Hall–Kier alpha value is -2.57. The van der Waals surface area contributed by atoms with E-state index >= 15 is 0 Å². The number of anilines is 1. The number of likely N-dealkylation sites (tertiary alicyclic amines) is 1. The number of hydrogen-bond acceptors (Lipinski definition) is 5. The van der Waals surface area contributed by atoms with Gasteiger partial charge < -0.3 is 5.32 Å². The molecule has 3 rings (SSSR count). The number of hydrogen-bond donors (Lipinski definition) is 1. The lowest BCUT2D eigenvalue weighted by atomic mass is 9.96. The van der Waals surface area contributed by atoms with Gasteiger partial charge in [-0.2, -0.15) is 0 Å². The number of rotatable bonds is 6. The molecule has 7 heteroatoms. The van der Waals surface area contributed by atoms with Crippen molar-refractivity contribution in [2.45, 2.75) is 64.3 Å². The van der Waals surface area contributed by atoms with Crippen LogP contribution in [0.1, 0.15) is 64.0 Å². The van der Waals surface area contributed by atoms with Crippen molar-refractivity contribution in [3.8, 4) is 0 Å². The summed E-state index contributed by atoms with van der Waals surface area (Å²) in [6.07, 6.45) is 12.7. The smallest absolute Gasteiger partial charge is 0.228 e. The van der Waals surface area contributed by atoms with Gasteiger partial charge in [-0.15, -0.1) is 0 Å². The van der Waals surface area contributed by atoms with Gasteiger partial charge in [-0.25, -0.2) is 19.4 Å². The highest BCUT2D eigenvalue weighted by Gasteiger charge is 2.22. The van der Waals surface area contributed by atoms with E-state index in [0.29, 0.717) is 36.3 Å². The summed E-state index contributed by atoms with van der Waals surface area (Å²) in [7, 11) is 0. The van der Waals surface area contributed by atoms with E-state index in [1.807, 2.05) is 0 Å². The van der Waals surface area contributed by atoms with Gasteiger partial charge in [0.15, 0.2) is 5.82 Å². The molecule has 1 N–H and O–H groups in total. The van der Waals surface area contributed by atoms with Gasteiger partial charge >= 0.3 is 0 Å². The summed E-state index contributed by atoms with van der Waals surface area (Å²) in [5.41, 5.74) is 0.744. The lowest BCUT2D eigenvalue weighted by Gasteiger charge is -2.26. The van der Waals surface area contributed by atoms with Crippen LogP contribution in [0.15, 0.2) is 29.2 Å². The van der Waals surface area contributed by atoms with Gasteiger partial charge in [0.25, 0.3) is 0 Å². The number of allylic oxidation sites excluding steroid dienone is 3. The first-order valence-corrected chi connectivity index (χ1v) is 10.1. The third kappa shape index (κ3) is 4.82. The molecular formula is C21H28FN5O. The van der Waals surface area contributed by atoms with E-state index in [-0.39, 0.29) is 11.6 Å². The summed E-state index contributed by atoms with van der Waals surface area (Å²) in [5.74, 6) is 0.367. The predicted molar refractivity (Wildman–Crippen MR) is 109 cm³/mol. The van der Waals surface area contributed by atoms with E-state index in [0.717, 1.165) is 25.7 Å². The van der Waals surface area contributed by atoms with Gasteiger partial charge in [0, 0.05) is 24.6 Å². The van der Waals surface area contributed by atoms with E-state index in [1.54, 1.807) is 24.0 Å². The zero-order valence-corrected chi connectivity index (χ0v) is 16.5. The Labute approximate surface area is 165 Å². The zero-order valence-electron chi connectivity index (χ0n) is 16.5.